The van der Waals surface area contributed by atoms with E-state index in [0.29, 0.717) is 12.4 Å². The fourth-order valence-corrected chi connectivity index (χ4v) is 1.58. The monoisotopic (exact) mass is 276 g/mol. The van der Waals surface area contributed by atoms with Crippen LogP contribution in [0.3, 0.4) is 0 Å². The van der Waals surface area contributed by atoms with Crippen molar-refractivity contribution in [2.45, 2.75) is 19.5 Å². The first kappa shape index (κ1) is 15.9. The van der Waals surface area contributed by atoms with Gasteiger partial charge in [0, 0.05) is 12.5 Å². The Kier molecular flexibility index (Phi) is 5.91. The van der Waals surface area contributed by atoms with Crippen LogP contribution in [0.25, 0.3) is 0 Å². The summed E-state index contributed by atoms with van der Waals surface area (Å²) in [6.07, 6.45) is 0. The molecule has 0 radical (unpaired) electrons. The lowest BCUT2D eigenvalue weighted by Gasteiger charge is -2.11. The number of rotatable bonds is 4. The van der Waals surface area contributed by atoms with Crippen LogP contribution in [0.15, 0.2) is 67.8 Å². The van der Waals surface area contributed by atoms with E-state index >= 15 is 0 Å². The SMILES string of the molecule is C=C.CC(F)(F)c1ccc(OCc2ccccc2)cc1. The molecule has 0 heterocycles. The molecule has 20 heavy (non-hydrogen) atoms. The van der Waals surface area contributed by atoms with Gasteiger partial charge in [0.1, 0.15) is 12.4 Å². The van der Waals surface area contributed by atoms with Crippen LogP contribution in [-0.4, -0.2) is 0 Å². The van der Waals surface area contributed by atoms with Crippen molar-refractivity contribution < 1.29 is 13.5 Å². The number of halogens is 2. The van der Waals surface area contributed by atoms with E-state index in [2.05, 4.69) is 13.2 Å². The zero-order chi connectivity index (χ0) is 15.0. The first-order valence-electron chi connectivity index (χ1n) is 6.21. The van der Waals surface area contributed by atoms with Gasteiger partial charge in [0.15, 0.2) is 0 Å². The van der Waals surface area contributed by atoms with Crippen molar-refractivity contribution >= 4 is 0 Å². The van der Waals surface area contributed by atoms with Crippen LogP contribution in [0, 0.1) is 0 Å². The topological polar surface area (TPSA) is 9.23 Å². The van der Waals surface area contributed by atoms with Crippen molar-refractivity contribution in [3.05, 3.63) is 78.9 Å². The predicted octanol–water partition coefficient (Wildman–Crippen LogP) is 5.18. The van der Waals surface area contributed by atoms with Crippen LogP contribution in [0.1, 0.15) is 18.1 Å². The third kappa shape index (κ3) is 4.84. The summed E-state index contributed by atoms with van der Waals surface area (Å²) >= 11 is 0. The highest BCUT2D eigenvalue weighted by atomic mass is 19.3. The van der Waals surface area contributed by atoms with E-state index in [1.54, 1.807) is 12.1 Å². The highest BCUT2D eigenvalue weighted by Crippen LogP contribution is 2.28. The lowest BCUT2D eigenvalue weighted by molar-refractivity contribution is 0.0174. The molecule has 0 saturated heterocycles. The van der Waals surface area contributed by atoms with Crippen molar-refractivity contribution in [2.75, 3.05) is 0 Å². The summed E-state index contributed by atoms with van der Waals surface area (Å²) in [4.78, 5) is 0. The molecule has 0 spiro atoms. The molecule has 0 fully saturated rings. The smallest absolute Gasteiger partial charge is 0.270 e. The van der Waals surface area contributed by atoms with E-state index < -0.39 is 5.92 Å². The fraction of sp³-hybridized carbons (Fsp3) is 0.176. The third-order valence-corrected chi connectivity index (χ3v) is 2.61. The molecule has 0 amide bonds. The molecule has 0 bridgehead atoms. The molecule has 2 aromatic carbocycles. The molecule has 106 valence electrons. The van der Waals surface area contributed by atoms with Gasteiger partial charge in [-0.2, -0.15) is 0 Å². The Morgan fingerprint density at radius 2 is 1.50 bits per heavy atom. The Bertz CT molecular complexity index is 501. The molecule has 2 aromatic rings. The van der Waals surface area contributed by atoms with Crippen molar-refractivity contribution in [1.29, 1.82) is 0 Å². The average Bonchev–Trinajstić information content (AvgIpc) is 2.48. The van der Waals surface area contributed by atoms with Gasteiger partial charge in [-0.1, -0.05) is 30.3 Å². The molecular formula is C17H18F2O. The Labute approximate surface area is 118 Å². The minimum atomic E-state index is -2.81. The standard InChI is InChI=1S/C15H14F2O.C2H4/c1-15(16,17)13-7-9-14(10-8-13)18-11-12-5-3-2-4-6-12;1-2/h2-10H,11H2,1H3;1-2H2. The minimum absolute atomic E-state index is 0.00504. The fourth-order valence-electron chi connectivity index (χ4n) is 1.58. The molecule has 1 nitrogen and oxygen atoms in total. The van der Waals surface area contributed by atoms with Gasteiger partial charge in [0.25, 0.3) is 5.92 Å². The lowest BCUT2D eigenvalue weighted by atomic mass is 10.1. The number of hydrogen-bond donors (Lipinski definition) is 0. The number of benzene rings is 2. The molecular weight excluding hydrogens is 258 g/mol. The summed E-state index contributed by atoms with van der Waals surface area (Å²) in [7, 11) is 0. The summed E-state index contributed by atoms with van der Waals surface area (Å²) in [5.74, 6) is -2.22. The van der Waals surface area contributed by atoms with Crippen LogP contribution in [0.2, 0.25) is 0 Å². The average molecular weight is 276 g/mol. The number of alkyl halides is 2. The molecule has 0 N–H and O–H groups in total. The van der Waals surface area contributed by atoms with Crippen molar-refractivity contribution in [2.24, 2.45) is 0 Å². The summed E-state index contributed by atoms with van der Waals surface area (Å²) in [6.45, 7) is 7.32. The van der Waals surface area contributed by atoms with Gasteiger partial charge < -0.3 is 4.74 Å². The summed E-state index contributed by atoms with van der Waals surface area (Å²) in [6, 6.07) is 15.6. The molecule has 0 unspecified atom stereocenters. The third-order valence-electron chi connectivity index (χ3n) is 2.61. The number of ether oxygens (including phenoxy) is 1. The maximum absolute atomic E-state index is 13.0. The Hall–Kier alpha value is -2.16. The lowest BCUT2D eigenvalue weighted by Crippen LogP contribution is -2.06. The maximum atomic E-state index is 13.0. The Morgan fingerprint density at radius 1 is 0.950 bits per heavy atom. The van der Waals surface area contributed by atoms with E-state index in [1.165, 1.54) is 12.1 Å². The maximum Gasteiger partial charge on any atom is 0.270 e. The van der Waals surface area contributed by atoms with Crippen molar-refractivity contribution in [1.82, 2.24) is 0 Å². The summed E-state index contributed by atoms with van der Waals surface area (Å²) in [5.41, 5.74) is 1.04. The van der Waals surface area contributed by atoms with E-state index in [9.17, 15) is 8.78 Å². The molecule has 0 aliphatic rings. The molecule has 0 aromatic heterocycles. The highest BCUT2D eigenvalue weighted by Gasteiger charge is 2.23. The van der Waals surface area contributed by atoms with Gasteiger partial charge in [0.05, 0.1) is 0 Å². The molecule has 0 atom stereocenters. The largest absolute Gasteiger partial charge is 0.489 e. The van der Waals surface area contributed by atoms with Gasteiger partial charge >= 0.3 is 0 Å². The summed E-state index contributed by atoms with van der Waals surface area (Å²) < 4.78 is 31.5. The minimum Gasteiger partial charge on any atom is -0.489 e. The second-order valence-corrected chi connectivity index (χ2v) is 4.19. The van der Waals surface area contributed by atoms with Crippen molar-refractivity contribution in [3.8, 4) is 5.75 Å². The molecule has 0 saturated carbocycles. The first-order valence-corrected chi connectivity index (χ1v) is 6.21. The van der Waals surface area contributed by atoms with E-state index in [-0.39, 0.29) is 5.56 Å². The van der Waals surface area contributed by atoms with Gasteiger partial charge in [-0.15, -0.1) is 13.2 Å². The zero-order valence-corrected chi connectivity index (χ0v) is 11.5. The molecule has 2 rings (SSSR count). The zero-order valence-electron chi connectivity index (χ0n) is 11.5. The van der Waals surface area contributed by atoms with Crippen LogP contribution in [-0.2, 0) is 12.5 Å². The van der Waals surface area contributed by atoms with Crippen LogP contribution in [0.5, 0.6) is 5.75 Å². The van der Waals surface area contributed by atoms with E-state index in [0.717, 1.165) is 12.5 Å². The molecule has 0 aliphatic heterocycles. The number of hydrogen-bond acceptors (Lipinski definition) is 1. The van der Waals surface area contributed by atoms with Crippen LogP contribution < -0.4 is 4.74 Å². The predicted molar refractivity (Wildman–Crippen MR) is 78.0 cm³/mol. The van der Waals surface area contributed by atoms with Crippen molar-refractivity contribution in [3.63, 3.8) is 0 Å². The Morgan fingerprint density at radius 3 is 2.00 bits per heavy atom. The second kappa shape index (κ2) is 7.43. The summed E-state index contributed by atoms with van der Waals surface area (Å²) in [5, 5.41) is 0. The van der Waals surface area contributed by atoms with Gasteiger partial charge in [-0.3, -0.25) is 0 Å². The normalized spacial score (nSPS) is 10.3. The second-order valence-electron chi connectivity index (χ2n) is 4.19. The van der Waals surface area contributed by atoms with Gasteiger partial charge in [0.2, 0.25) is 0 Å². The van der Waals surface area contributed by atoms with Crippen LogP contribution >= 0.6 is 0 Å². The van der Waals surface area contributed by atoms with E-state index in [4.69, 9.17) is 4.74 Å². The Balaban J connectivity index is 0.000000956. The van der Waals surface area contributed by atoms with Gasteiger partial charge in [-0.25, -0.2) is 8.78 Å². The van der Waals surface area contributed by atoms with Crippen LogP contribution in [0.4, 0.5) is 8.78 Å². The highest BCUT2D eigenvalue weighted by molar-refractivity contribution is 5.29. The first-order chi connectivity index (χ1) is 9.55. The molecule has 3 heteroatoms. The van der Waals surface area contributed by atoms with Gasteiger partial charge in [-0.05, 0) is 29.8 Å². The van der Waals surface area contributed by atoms with E-state index in [1.807, 2.05) is 30.3 Å². The molecule has 0 aliphatic carbocycles. The quantitative estimate of drug-likeness (QED) is 0.699.